The second-order valence-electron chi connectivity index (χ2n) is 7.27. The summed E-state index contributed by atoms with van der Waals surface area (Å²) in [4.78, 5) is 25.2. The number of hydrazone groups is 1. The second-order valence-corrected chi connectivity index (χ2v) is 7.27. The first kappa shape index (κ1) is 19.6. The molecular formula is C23H22N4O3. The standard InChI is InChI=1S/C23H22N4O3/c28-23(15-17-7-1-4-10-21(17)27(29)30)25-24-16-18-11-12-22(26-13-5-6-14-26)20-9-3-2-8-19(18)20/h1-4,7-12,16H,5-6,13-15H2,(H,25,28)/b24-16+. The first-order valence-electron chi connectivity index (χ1n) is 9.94. The van der Waals surface area contributed by atoms with Crippen LogP contribution in [0, 0.1) is 10.1 Å². The van der Waals surface area contributed by atoms with Crippen LogP contribution in [0.5, 0.6) is 0 Å². The van der Waals surface area contributed by atoms with Gasteiger partial charge < -0.3 is 4.90 Å². The lowest BCUT2D eigenvalue weighted by Gasteiger charge is -2.20. The predicted molar refractivity (Wildman–Crippen MR) is 118 cm³/mol. The van der Waals surface area contributed by atoms with Crippen molar-refractivity contribution in [3.63, 3.8) is 0 Å². The molecule has 0 saturated carbocycles. The third-order valence-corrected chi connectivity index (χ3v) is 5.31. The lowest BCUT2D eigenvalue weighted by Crippen LogP contribution is -2.20. The molecule has 0 unspecified atom stereocenters. The molecule has 0 bridgehead atoms. The van der Waals surface area contributed by atoms with Crippen LogP contribution in [0.1, 0.15) is 24.0 Å². The van der Waals surface area contributed by atoms with E-state index in [1.54, 1.807) is 24.4 Å². The van der Waals surface area contributed by atoms with E-state index in [0.717, 1.165) is 29.4 Å². The van der Waals surface area contributed by atoms with Crippen molar-refractivity contribution in [2.75, 3.05) is 18.0 Å². The Morgan fingerprint density at radius 1 is 1.03 bits per heavy atom. The van der Waals surface area contributed by atoms with E-state index in [4.69, 9.17) is 0 Å². The molecule has 152 valence electrons. The maximum atomic E-state index is 12.2. The van der Waals surface area contributed by atoms with Crippen LogP contribution in [-0.2, 0) is 11.2 Å². The normalized spacial score (nSPS) is 13.8. The fraction of sp³-hybridized carbons (Fsp3) is 0.217. The number of carbonyl (C=O) groups is 1. The first-order chi connectivity index (χ1) is 14.6. The maximum Gasteiger partial charge on any atom is 0.273 e. The van der Waals surface area contributed by atoms with Gasteiger partial charge in [0.1, 0.15) is 0 Å². The molecule has 0 spiro atoms. The number of hydrogen-bond donors (Lipinski definition) is 1. The van der Waals surface area contributed by atoms with E-state index in [-0.39, 0.29) is 12.1 Å². The SMILES string of the molecule is O=C(Cc1ccccc1[N+](=O)[O-])N/N=C/c1ccc(N2CCCC2)c2ccccc12. The Labute approximate surface area is 174 Å². The van der Waals surface area contributed by atoms with Crippen LogP contribution >= 0.6 is 0 Å². The van der Waals surface area contributed by atoms with Gasteiger partial charge in [-0.2, -0.15) is 5.10 Å². The van der Waals surface area contributed by atoms with Crippen molar-refractivity contribution < 1.29 is 9.72 Å². The highest BCUT2D eigenvalue weighted by molar-refractivity contribution is 6.05. The molecule has 0 radical (unpaired) electrons. The fourth-order valence-electron chi connectivity index (χ4n) is 3.88. The first-order valence-corrected chi connectivity index (χ1v) is 9.94. The molecule has 1 N–H and O–H groups in total. The van der Waals surface area contributed by atoms with E-state index in [1.165, 1.54) is 24.6 Å². The molecule has 0 aliphatic carbocycles. The van der Waals surface area contributed by atoms with Gasteiger partial charge in [0.05, 0.1) is 17.6 Å². The van der Waals surface area contributed by atoms with Gasteiger partial charge in [-0.25, -0.2) is 5.43 Å². The summed E-state index contributed by atoms with van der Waals surface area (Å²) in [6.07, 6.45) is 3.93. The summed E-state index contributed by atoms with van der Waals surface area (Å²) in [7, 11) is 0. The van der Waals surface area contributed by atoms with Gasteiger partial charge in [0.15, 0.2) is 0 Å². The summed E-state index contributed by atoms with van der Waals surface area (Å²) in [6, 6.07) is 18.5. The average molecular weight is 402 g/mol. The summed E-state index contributed by atoms with van der Waals surface area (Å²) in [5.41, 5.74) is 4.89. The van der Waals surface area contributed by atoms with Crippen molar-refractivity contribution in [1.82, 2.24) is 5.43 Å². The molecule has 1 heterocycles. The van der Waals surface area contributed by atoms with Crippen LogP contribution < -0.4 is 10.3 Å². The summed E-state index contributed by atoms with van der Waals surface area (Å²) < 4.78 is 0. The number of rotatable bonds is 6. The Morgan fingerprint density at radius 2 is 1.73 bits per heavy atom. The Morgan fingerprint density at radius 3 is 2.50 bits per heavy atom. The van der Waals surface area contributed by atoms with Gasteiger partial charge in [0.2, 0.25) is 5.91 Å². The molecule has 1 aliphatic heterocycles. The minimum absolute atomic E-state index is 0.0693. The Hall–Kier alpha value is -3.74. The molecule has 7 nitrogen and oxygen atoms in total. The molecule has 7 heteroatoms. The van der Waals surface area contributed by atoms with Gasteiger partial charge in [-0.05, 0) is 24.3 Å². The molecule has 1 fully saturated rings. The van der Waals surface area contributed by atoms with Crippen LogP contribution in [0.2, 0.25) is 0 Å². The van der Waals surface area contributed by atoms with Crippen molar-refractivity contribution in [1.29, 1.82) is 0 Å². The van der Waals surface area contributed by atoms with Gasteiger partial charge in [0, 0.05) is 41.4 Å². The monoisotopic (exact) mass is 402 g/mol. The average Bonchev–Trinajstić information content (AvgIpc) is 3.28. The van der Waals surface area contributed by atoms with E-state index in [2.05, 4.69) is 27.6 Å². The summed E-state index contributed by atoms with van der Waals surface area (Å²) >= 11 is 0. The third kappa shape index (κ3) is 4.15. The molecule has 4 rings (SSSR count). The quantitative estimate of drug-likeness (QED) is 0.383. The van der Waals surface area contributed by atoms with Crippen LogP contribution in [0.4, 0.5) is 11.4 Å². The zero-order valence-electron chi connectivity index (χ0n) is 16.5. The molecule has 3 aromatic carbocycles. The van der Waals surface area contributed by atoms with Gasteiger partial charge in [-0.3, -0.25) is 14.9 Å². The number of hydrogen-bond acceptors (Lipinski definition) is 5. The number of amides is 1. The Bertz CT molecular complexity index is 1120. The highest BCUT2D eigenvalue weighted by Gasteiger charge is 2.16. The van der Waals surface area contributed by atoms with E-state index >= 15 is 0 Å². The van der Waals surface area contributed by atoms with Gasteiger partial charge in [0.25, 0.3) is 5.69 Å². The van der Waals surface area contributed by atoms with Crippen LogP contribution in [0.3, 0.4) is 0 Å². The van der Waals surface area contributed by atoms with E-state index in [0.29, 0.717) is 5.56 Å². The van der Waals surface area contributed by atoms with Crippen molar-refractivity contribution >= 4 is 34.3 Å². The molecular weight excluding hydrogens is 380 g/mol. The molecule has 0 aromatic heterocycles. The summed E-state index contributed by atoms with van der Waals surface area (Å²) in [6.45, 7) is 2.14. The largest absolute Gasteiger partial charge is 0.371 e. The number of nitrogens with one attached hydrogen (secondary N) is 1. The number of nitro benzene ring substituents is 1. The molecule has 1 aliphatic rings. The minimum Gasteiger partial charge on any atom is -0.371 e. The van der Waals surface area contributed by atoms with Crippen LogP contribution in [0.25, 0.3) is 10.8 Å². The summed E-state index contributed by atoms with van der Waals surface area (Å²) in [5, 5.41) is 17.4. The summed E-state index contributed by atoms with van der Waals surface area (Å²) in [5.74, 6) is -0.404. The number of anilines is 1. The van der Waals surface area contributed by atoms with Crippen molar-refractivity contribution in [3.05, 3.63) is 81.9 Å². The number of para-hydroxylation sites is 1. The zero-order valence-corrected chi connectivity index (χ0v) is 16.5. The number of nitro groups is 1. The third-order valence-electron chi connectivity index (χ3n) is 5.31. The van der Waals surface area contributed by atoms with Crippen molar-refractivity contribution in [2.45, 2.75) is 19.3 Å². The topological polar surface area (TPSA) is 87.8 Å². The number of fused-ring (bicyclic) bond motifs is 1. The van der Waals surface area contributed by atoms with Crippen LogP contribution in [0.15, 0.2) is 65.8 Å². The van der Waals surface area contributed by atoms with Gasteiger partial charge in [-0.15, -0.1) is 0 Å². The highest BCUT2D eigenvalue weighted by atomic mass is 16.6. The Balaban J connectivity index is 1.50. The highest BCUT2D eigenvalue weighted by Crippen LogP contribution is 2.31. The molecule has 3 aromatic rings. The minimum atomic E-state index is -0.486. The predicted octanol–water partition coefficient (Wildman–Crippen LogP) is 4.04. The maximum absolute atomic E-state index is 12.2. The number of carbonyl (C=O) groups excluding carboxylic acids is 1. The van der Waals surface area contributed by atoms with Crippen molar-refractivity contribution in [3.8, 4) is 0 Å². The Kier molecular flexibility index (Phi) is 5.70. The fourth-order valence-corrected chi connectivity index (χ4v) is 3.88. The zero-order chi connectivity index (χ0) is 20.9. The number of benzene rings is 3. The molecule has 0 atom stereocenters. The van der Waals surface area contributed by atoms with E-state index in [1.807, 2.05) is 24.3 Å². The van der Waals surface area contributed by atoms with Crippen molar-refractivity contribution in [2.24, 2.45) is 5.10 Å². The molecule has 1 saturated heterocycles. The van der Waals surface area contributed by atoms with Gasteiger partial charge in [-0.1, -0.05) is 48.5 Å². The van der Waals surface area contributed by atoms with E-state index < -0.39 is 10.8 Å². The van der Waals surface area contributed by atoms with E-state index in [9.17, 15) is 14.9 Å². The lowest BCUT2D eigenvalue weighted by atomic mass is 10.0. The van der Waals surface area contributed by atoms with Crippen LogP contribution in [-0.4, -0.2) is 30.1 Å². The second kappa shape index (κ2) is 8.73. The number of nitrogens with zero attached hydrogens (tertiary/aromatic N) is 3. The lowest BCUT2D eigenvalue weighted by molar-refractivity contribution is -0.385. The molecule has 1 amide bonds. The van der Waals surface area contributed by atoms with Gasteiger partial charge >= 0.3 is 0 Å². The smallest absolute Gasteiger partial charge is 0.273 e. The molecule has 30 heavy (non-hydrogen) atoms.